The Hall–Kier alpha value is -2.09. The van der Waals surface area contributed by atoms with Crippen LogP contribution in [-0.2, 0) is 9.84 Å². The molecule has 0 aliphatic rings. The molecular weight excluding hydrogens is 246 g/mol. The number of sulfone groups is 1. The van der Waals surface area contributed by atoms with Crippen molar-refractivity contribution >= 4 is 21.7 Å². The van der Waals surface area contributed by atoms with E-state index in [4.69, 9.17) is 11.5 Å². The van der Waals surface area contributed by atoms with Gasteiger partial charge in [-0.05, 0) is 18.2 Å². The molecule has 0 unspecified atom stereocenters. The Labute approximate surface area is 97.7 Å². The van der Waals surface area contributed by atoms with Crippen molar-refractivity contribution in [3.05, 3.63) is 23.8 Å². The Bertz CT molecular complexity index is 588. The van der Waals surface area contributed by atoms with Crippen LogP contribution in [0.25, 0.3) is 0 Å². The number of benzene rings is 1. The fourth-order valence-corrected chi connectivity index (χ4v) is 1.91. The molecule has 92 valence electrons. The molecule has 0 heterocycles. The lowest BCUT2D eigenvalue weighted by Crippen LogP contribution is -2.24. The summed E-state index contributed by atoms with van der Waals surface area (Å²) >= 11 is 0. The average molecular weight is 257 g/mol. The van der Waals surface area contributed by atoms with E-state index in [1.807, 2.05) is 0 Å². The maximum atomic E-state index is 11.4. The monoisotopic (exact) mass is 257 g/mol. The molecule has 8 heteroatoms. The number of phenolic OH excluding ortho intramolecular Hbond substituents is 1. The lowest BCUT2D eigenvalue weighted by Gasteiger charge is -2.03. The van der Waals surface area contributed by atoms with Gasteiger partial charge in [0.05, 0.1) is 0 Å². The summed E-state index contributed by atoms with van der Waals surface area (Å²) in [4.78, 5) is 14.3. The van der Waals surface area contributed by atoms with Crippen molar-refractivity contribution in [2.45, 2.75) is 4.90 Å². The average Bonchev–Trinajstić information content (AvgIpc) is 2.15. The van der Waals surface area contributed by atoms with E-state index in [1.165, 1.54) is 6.07 Å². The van der Waals surface area contributed by atoms with Gasteiger partial charge in [-0.1, -0.05) is 0 Å². The molecule has 0 radical (unpaired) electrons. The maximum Gasteiger partial charge on any atom is 0.280 e. The number of phenols is 1. The standard InChI is InChI=1S/C9H11N3O4S/c1-17(15,16)7-4-5(2-3-6(7)13)8(14)12-9(10)11/h2-4,13H,1H3,(H4,10,11,12,14). The lowest BCUT2D eigenvalue weighted by atomic mass is 10.2. The van der Waals surface area contributed by atoms with Gasteiger partial charge in [0, 0.05) is 11.8 Å². The van der Waals surface area contributed by atoms with Crippen LogP contribution in [0.5, 0.6) is 5.75 Å². The van der Waals surface area contributed by atoms with E-state index in [9.17, 15) is 18.3 Å². The van der Waals surface area contributed by atoms with Gasteiger partial charge in [-0.15, -0.1) is 0 Å². The highest BCUT2D eigenvalue weighted by molar-refractivity contribution is 7.90. The predicted molar refractivity (Wildman–Crippen MR) is 61.4 cm³/mol. The van der Waals surface area contributed by atoms with E-state index in [0.29, 0.717) is 0 Å². The molecule has 0 atom stereocenters. The third kappa shape index (κ3) is 3.18. The number of nitrogens with zero attached hydrogens (tertiary/aromatic N) is 1. The molecular formula is C9H11N3O4S. The molecule has 5 N–H and O–H groups in total. The number of guanidine groups is 1. The van der Waals surface area contributed by atoms with Gasteiger partial charge in [0.1, 0.15) is 10.6 Å². The zero-order valence-electron chi connectivity index (χ0n) is 8.91. The number of carbonyl (C=O) groups is 1. The SMILES string of the molecule is CS(=O)(=O)c1cc(C(=O)N=C(N)N)ccc1O. The number of hydrogen-bond acceptors (Lipinski definition) is 4. The topological polar surface area (TPSA) is 136 Å². The van der Waals surface area contributed by atoms with Crippen LogP contribution < -0.4 is 11.5 Å². The van der Waals surface area contributed by atoms with Gasteiger partial charge in [0.15, 0.2) is 15.8 Å². The molecule has 0 bridgehead atoms. The second-order valence-corrected chi connectivity index (χ2v) is 5.28. The van der Waals surface area contributed by atoms with Crippen LogP contribution in [0.15, 0.2) is 28.1 Å². The molecule has 1 aromatic carbocycles. The minimum absolute atomic E-state index is 0.0309. The largest absolute Gasteiger partial charge is 0.507 e. The van der Waals surface area contributed by atoms with Crippen LogP contribution in [-0.4, -0.2) is 31.6 Å². The van der Waals surface area contributed by atoms with Crippen molar-refractivity contribution in [2.24, 2.45) is 16.5 Å². The van der Waals surface area contributed by atoms with E-state index >= 15 is 0 Å². The molecule has 0 aliphatic heterocycles. The van der Waals surface area contributed by atoms with Gasteiger partial charge in [0.25, 0.3) is 5.91 Å². The highest BCUT2D eigenvalue weighted by atomic mass is 32.2. The summed E-state index contributed by atoms with van der Waals surface area (Å²) < 4.78 is 22.6. The number of amides is 1. The first kappa shape index (κ1) is 13.0. The summed E-state index contributed by atoms with van der Waals surface area (Å²) in [6.45, 7) is 0. The molecule has 1 rings (SSSR count). The molecule has 0 spiro atoms. The van der Waals surface area contributed by atoms with Gasteiger partial charge in [-0.2, -0.15) is 4.99 Å². The quantitative estimate of drug-likeness (QED) is 0.469. The van der Waals surface area contributed by atoms with E-state index in [2.05, 4.69) is 4.99 Å². The molecule has 0 aliphatic carbocycles. The minimum Gasteiger partial charge on any atom is -0.507 e. The Kier molecular flexibility index (Phi) is 3.37. The second-order valence-electron chi connectivity index (χ2n) is 3.30. The van der Waals surface area contributed by atoms with Crippen LogP contribution in [0.2, 0.25) is 0 Å². The molecule has 0 fully saturated rings. The smallest absolute Gasteiger partial charge is 0.280 e. The zero-order valence-corrected chi connectivity index (χ0v) is 9.73. The first-order valence-corrected chi connectivity index (χ1v) is 6.28. The normalized spacial score (nSPS) is 10.9. The lowest BCUT2D eigenvalue weighted by molar-refractivity contribution is 0.100. The Balaban J connectivity index is 3.32. The molecule has 1 aromatic rings. The summed E-state index contributed by atoms with van der Waals surface area (Å²) in [5.41, 5.74) is 10.0. The Morgan fingerprint density at radius 2 is 1.94 bits per heavy atom. The minimum atomic E-state index is -3.63. The number of aromatic hydroxyl groups is 1. The first-order valence-electron chi connectivity index (χ1n) is 4.39. The van der Waals surface area contributed by atoms with Crippen LogP contribution >= 0.6 is 0 Å². The predicted octanol–water partition coefficient (Wildman–Crippen LogP) is -0.791. The van der Waals surface area contributed by atoms with E-state index in [-0.39, 0.29) is 10.5 Å². The van der Waals surface area contributed by atoms with E-state index in [1.54, 1.807) is 0 Å². The van der Waals surface area contributed by atoms with Crippen molar-refractivity contribution in [3.63, 3.8) is 0 Å². The second kappa shape index (κ2) is 4.42. The summed E-state index contributed by atoms with van der Waals surface area (Å²) in [6.07, 6.45) is 0.914. The van der Waals surface area contributed by atoms with E-state index < -0.39 is 27.5 Å². The molecule has 1 amide bonds. The fourth-order valence-electron chi connectivity index (χ4n) is 1.13. The van der Waals surface area contributed by atoms with Crippen molar-refractivity contribution in [1.29, 1.82) is 0 Å². The number of aliphatic imine (C=N–C) groups is 1. The van der Waals surface area contributed by atoms with Gasteiger partial charge in [0.2, 0.25) is 0 Å². The summed E-state index contributed by atoms with van der Waals surface area (Å²) in [5.74, 6) is -1.65. The molecule has 0 saturated heterocycles. The summed E-state index contributed by atoms with van der Waals surface area (Å²) in [6, 6.07) is 3.32. The third-order valence-electron chi connectivity index (χ3n) is 1.84. The van der Waals surface area contributed by atoms with Gasteiger partial charge in [-0.25, -0.2) is 8.42 Å². The fraction of sp³-hybridized carbons (Fsp3) is 0.111. The van der Waals surface area contributed by atoms with Gasteiger partial charge < -0.3 is 16.6 Å². The highest BCUT2D eigenvalue weighted by Gasteiger charge is 2.16. The molecule has 0 saturated carbocycles. The van der Waals surface area contributed by atoms with Crippen LogP contribution in [0.3, 0.4) is 0 Å². The molecule has 0 aromatic heterocycles. The molecule has 17 heavy (non-hydrogen) atoms. The number of rotatable bonds is 2. The molecule has 7 nitrogen and oxygen atoms in total. The van der Waals surface area contributed by atoms with E-state index in [0.717, 1.165) is 18.4 Å². The third-order valence-corrected chi connectivity index (χ3v) is 2.96. The summed E-state index contributed by atoms with van der Waals surface area (Å²) in [5, 5.41) is 9.36. The zero-order chi connectivity index (χ0) is 13.2. The Morgan fingerprint density at radius 1 is 1.35 bits per heavy atom. The number of hydrogen-bond donors (Lipinski definition) is 3. The van der Waals surface area contributed by atoms with Crippen LogP contribution in [0, 0.1) is 0 Å². The van der Waals surface area contributed by atoms with Gasteiger partial charge >= 0.3 is 0 Å². The summed E-state index contributed by atoms with van der Waals surface area (Å²) in [7, 11) is -3.63. The highest BCUT2D eigenvalue weighted by Crippen LogP contribution is 2.23. The van der Waals surface area contributed by atoms with Gasteiger partial charge in [-0.3, -0.25) is 4.79 Å². The number of nitrogens with two attached hydrogens (primary N) is 2. The Morgan fingerprint density at radius 3 is 2.41 bits per heavy atom. The first-order chi connectivity index (χ1) is 7.71. The maximum absolute atomic E-state index is 11.4. The van der Waals surface area contributed by atoms with Crippen molar-refractivity contribution in [1.82, 2.24) is 0 Å². The van der Waals surface area contributed by atoms with Crippen LogP contribution in [0.1, 0.15) is 10.4 Å². The van der Waals surface area contributed by atoms with Crippen molar-refractivity contribution < 1.29 is 18.3 Å². The van der Waals surface area contributed by atoms with Crippen LogP contribution in [0.4, 0.5) is 0 Å². The van der Waals surface area contributed by atoms with Crippen molar-refractivity contribution in [2.75, 3.05) is 6.26 Å². The number of carbonyl (C=O) groups excluding carboxylic acids is 1. The van der Waals surface area contributed by atoms with Crippen molar-refractivity contribution in [3.8, 4) is 5.75 Å².